The number of hydrogen-bond acceptors (Lipinski definition) is 5. The minimum atomic E-state index is -0.559. The lowest BCUT2D eigenvalue weighted by molar-refractivity contribution is -0.384. The summed E-state index contributed by atoms with van der Waals surface area (Å²) in [5.74, 6) is -1.34. The van der Waals surface area contributed by atoms with Gasteiger partial charge in [-0.3, -0.25) is 29.4 Å². The van der Waals surface area contributed by atoms with E-state index in [-0.39, 0.29) is 24.3 Å². The van der Waals surface area contributed by atoms with Gasteiger partial charge in [-0.1, -0.05) is 52.3 Å². The summed E-state index contributed by atoms with van der Waals surface area (Å²) < 4.78 is 0.787. The molecule has 8 nitrogen and oxygen atoms in total. The van der Waals surface area contributed by atoms with Gasteiger partial charge in [-0.25, -0.2) is 0 Å². The highest BCUT2D eigenvalue weighted by Gasteiger charge is 2.34. The lowest BCUT2D eigenvalue weighted by atomic mass is 9.94. The molecular weight excluding hydrogens is 538 g/mol. The molecule has 3 amide bonds. The van der Waals surface area contributed by atoms with Gasteiger partial charge in [0, 0.05) is 57.5 Å². The number of amides is 3. The molecule has 0 fully saturated rings. The second-order valence-corrected chi connectivity index (χ2v) is 9.49. The fourth-order valence-corrected chi connectivity index (χ4v) is 5.08. The first-order valence-corrected chi connectivity index (χ1v) is 12.3. The number of hydrogen-bond donors (Lipinski definition) is 0. The molecule has 184 valence electrons. The summed E-state index contributed by atoms with van der Waals surface area (Å²) in [5, 5.41) is 12.6. The van der Waals surface area contributed by atoms with E-state index in [9.17, 15) is 24.5 Å². The predicted octanol–water partition coefficient (Wildman–Crippen LogP) is 5.76. The van der Waals surface area contributed by atoms with Crippen LogP contribution >= 0.6 is 15.9 Å². The summed E-state index contributed by atoms with van der Waals surface area (Å²) in [5.41, 5.74) is 2.16. The number of rotatable bonds is 6. The van der Waals surface area contributed by atoms with Gasteiger partial charge < -0.3 is 4.90 Å². The molecule has 0 radical (unpaired) electrons. The van der Waals surface area contributed by atoms with Gasteiger partial charge in [0.2, 0.25) is 0 Å². The van der Waals surface area contributed by atoms with Crippen molar-refractivity contribution < 1.29 is 19.3 Å². The summed E-state index contributed by atoms with van der Waals surface area (Å²) in [4.78, 5) is 53.7. The van der Waals surface area contributed by atoms with Crippen molar-refractivity contribution in [2.45, 2.75) is 6.92 Å². The number of para-hydroxylation sites is 1. The highest BCUT2D eigenvalue weighted by Crippen LogP contribution is 2.34. The Kier molecular flexibility index (Phi) is 6.31. The zero-order valence-corrected chi connectivity index (χ0v) is 21.3. The maximum atomic E-state index is 13.6. The Balaban J connectivity index is 1.50. The van der Waals surface area contributed by atoms with Gasteiger partial charge in [0.05, 0.1) is 4.92 Å². The summed E-state index contributed by atoms with van der Waals surface area (Å²) in [6.45, 7) is 1.79. The normalized spacial score (nSPS) is 12.6. The molecule has 4 aromatic carbocycles. The van der Waals surface area contributed by atoms with Crippen LogP contribution in [0.4, 0.5) is 11.4 Å². The fourth-order valence-electron chi connectivity index (χ4n) is 4.62. The van der Waals surface area contributed by atoms with Gasteiger partial charge in [0.1, 0.15) is 0 Å². The number of anilines is 1. The van der Waals surface area contributed by atoms with Crippen LogP contribution in [0.15, 0.2) is 83.3 Å². The van der Waals surface area contributed by atoms with Gasteiger partial charge in [-0.2, -0.15) is 0 Å². The van der Waals surface area contributed by atoms with Crippen LogP contribution in [0.5, 0.6) is 0 Å². The second-order valence-electron chi connectivity index (χ2n) is 8.64. The Labute approximate surface area is 220 Å². The Morgan fingerprint density at radius 1 is 0.946 bits per heavy atom. The molecule has 0 spiro atoms. The fraction of sp³-hybridized carbons (Fsp3) is 0.107. The van der Waals surface area contributed by atoms with Crippen LogP contribution in [-0.2, 0) is 0 Å². The number of imide groups is 1. The molecule has 0 saturated heterocycles. The molecule has 0 N–H and O–H groups in total. The van der Waals surface area contributed by atoms with Crippen molar-refractivity contribution in [3.05, 3.63) is 116 Å². The first-order valence-electron chi connectivity index (χ1n) is 11.5. The van der Waals surface area contributed by atoms with Gasteiger partial charge in [-0.05, 0) is 48.2 Å². The maximum absolute atomic E-state index is 13.6. The largest absolute Gasteiger partial charge is 0.306 e. The number of non-ortho nitro benzene ring substituents is 1. The third kappa shape index (κ3) is 4.27. The number of aryl methyl sites for hydroxylation is 1. The van der Waals surface area contributed by atoms with Gasteiger partial charge in [0.15, 0.2) is 0 Å². The van der Waals surface area contributed by atoms with Crippen molar-refractivity contribution in [3.8, 4) is 0 Å². The molecule has 0 unspecified atom stereocenters. The van der Waals surface area contributed by atoms with E-state index in [1.807, 2.05) is 25.1 Å². The second kappa shape index (κ2) is 9.59. The van der Waals surface area contributed by atoms with E-state index in [0.29, 0.717) is 22.2 Å². The minimum Gasteiger partial charge on any atom is -0.306 e. The quantitative estimate of drug-likeness (QED) is 0.170. The summed E-state index contributed by atoms with van der Waals surface area (Å²) in [7, 11) is 0. The monoisotopic (exact) mass is 557 g/mol. The third-order valence-corrected chi connectivity index (χ3v) is 7.13. The Bertz CT molecular complexity index is 1590. The molecule has 0 bridgehead atoms. The maximum Gasteiger partial charge on any atom is 0.270 e. The molecule has 0 aliphatic carbocycles. The predicted molar refractivity (Wildman–Crippen MR) is 143 cm³/mol. The molecule has 9 heteroatoms. The smallest absolute Gasteiger partial charge is 0.270 e. The lowest BCUT2D eigenvalue weighted by Crippen LogP contribution is -2.46. The van der Waals surface area contributed by atoms with Crippen LogP contribution in [0.2, 0.25) is 0 Å². The zero-order valence-electron chi connectivity index (χ0n) is 19.7. The molecule has 37 heavy (non-hydrogen) atoms. The number of nitro benzene ring substituents is 1. The zero-order chi connectivity index (χ0) is 26.3. The van der Waals surface area contributed by atoms with E-state index in [2.05, 4.69) is 15.9 Å². The van der Waals surface area contributed by atoms with E-state index < -0.39 is 22.6 Å². The number of halogens is 1. The summed E-state index contributed by atoms with van der Waals surface area (Å²) in [6.07, 6.45) is 0. The lowest BCUT2D eigenvalue weighted by Gasteiger charge is -2.31. The van der Waals surface area contributed by atoms with Crippen LogP contribution in [0.3, 0.4) is 0 Å². The Morgan fingerprint density at radius 2 is 1.65 bits per heavy atom. The first-order chi connectivity index (χ1) is 17.8. The van der Waals surface area contributed by atoms with Crippen LogP contribution in [0.25, 0.3) is 10.8 Å². The highest BCUT2D eigenvalue weighted by molar-refractivity contribution is 9.10. The number of carbonyl (C=O) groups is 3. The van der Waals surface area contributed by atoms with Gasteiger partial charge in [0.25, 0.3) is 23.4 Å². The molecule has 5 rings (SSSR count). The Morgan fingerprint density at radius 3 is 2.38 bits per heavy atom. The average Bonchev–Trinajstić information content (AvgIpc) is 2.90. The topological polar surface area (TPSA) is 101 Å². The molecule has 0 saturated carbocycles. The third-order valence-electron chi connectivity index (χ3n) is 6.44. The number of carbonyl (C=O) groups excluding carboxylic acids is 3. The van der Waals surface area contributed by atoms with Crippen molar-refractivity contribution in [2.24, 2.45) is 0 Å². The molecule has 4 aromatic rings. The van der Waals surface area contributed by atoms with Crippen LogP contribution in [-0.4, -0.2) is 40.6 Å². The first kappa shape index (κ1) is 24.3. The van der Waals surface area contributed by atoms with E-state index in [1.165, 1.54) is 29.2 Å². The molecule has 1 aliphatic rings. The van der Waals surface area contributed by atoms with Crippen LogP contribution in [0.1, 0.15) is 36.6 Å². The summed E-state index contributed by atoms with van der Waals surface area (Å²) in [6, 6.07) is 21.5. The standard InChI is InChI=1S/C28H20BrN3O5/c1-17-6-2-3-11-24(17)30(26(33)18-7-4-8-19(16-18)32(36)37)14-15-31-27(34)21-10-5-9-20-23(29)13-12-22(25(20)21)28(31)35/h2-13,16H,14-15H2,1H3. The van der Waals surface area contributed by atoms with Gasteiger partial charge in [-0.15, -0.1) is 0 Å². The molecule has 1 heterocycles. The molecule has 0 atom stereocenters. The van der Waals surface area contributed by atoms with Crippen molar-refractivity contribution in [1.82, 2.24) is 4.90 Å². The number of benzene rings is 4. The van der Waals surface area contributed by atoms with E-state index in [0.717, 1.165) is 20.3 Å². The van der Waals surface area contributed by atoms with Crippen LogP contribution < -0.4 is 4.90 Å². The molecular formula is C28H20BrN3O5. The number of nitrogens with zero attached hydrogens (tertiary/aromatic N) is 3. The molecule has 0 aromatic heterocycles. The SMILES string of the molecule is Cc1ccccc1N(CCN1C(=O)c2cccc3c(Br)ccc(c23)C1=O)C(=O)c1cccc([N+](=O)[O-])c1. The van der Waals surface area contributed by atoms with Crippen molar-refractivity contribution >= 4 is 55.8 Å². The van der Waals surface area contributed by atoms with E-state index in [4.69, 9.17) is 0 Å². The van der Waals surface area contributed by atoms with E-state index >= 15 is 0 Å². The van der Waals surface area contributed by atoms with Crippen molar-refractivity contribution in [1.29, 1.82) is 0 Å². The van der Waals surface area contributed by atoms with Crippen LogP contribution in [0, 0.1) is 17.0 Å². The van der Waals surface area contributed by atoms with Gasteiger partial charge >= 0.3 is 0 Å². The molecule has 1 aliphatic heterocycles. The average molecular weight is 558 g/mol. The van der Waals surface area contributed by atoms with Crippen molar-refractivity contribution in [2.75, 3.05) is 18.0 Å². The highest BCUT2D eigenvalue weighted by atomic mass is 79.9. The van der Waals surface area contributed by atoms with Crippen molar-refractivity contribution in [3.63, 3.8) is 0 Å². The summed E-state index contributed by atoms with van der Waals surface area (Å²) >= 11 is 3.49. The minimum absolute atomic E-state index is 0.00565. The number of nitro groups is 1. The Hall–Kier alpha value is -4.37. The van der Waals surface area contributed by atoms with E-state index in [1.54, 1.807) is 36.4 Å².